The molecular formula is C79H93N11O24. The van der Waals surface area contributed by atoms with Gasteiger partial charge in [-0.1, -0.05) is 80.6 Å². The van der Waals surface area contributed by atoms with E-state index in [1.807, 2.05) is 0 Å². The Balaban J connectivity index is 0.710. The molecule has 35 nitrogen and oxygen atoms in total. The summed E-state index contributed by atoms with van der Waals surface area (Å²) in [5.41, 5.74) is -1.72. The summed E-state index contributed by atoms with van der Waals surface area (Å²) in [4.78, 5) is 181. The largest absolute Gasteiger partial charge is 0.480 e. The smallest absolute Gasteiger partial charge is 0.350 e. The summed E-state index contributed by atoms with van der Waals surface area (Å²) >= 11 is 0. The number of nitrogens with one attached hydrogen (secondary N) is 6. The fraction of sp³-hybridized carbons (Fsp3) is 0.456. The lowest BCUT2D eigenvalue weighted by atomic mass is 9.44. The quantitative estimate of drug-likeness (QED) is 0.0117. The maximum atomic E-state index is 15.9. The molecule has 4 aromatic carbocycles. The number of carboxylic acids is 1. The third-order valence-electron chi connectivity index (χ3n) is 20.8. The summed E-state index contributed by atoms with van der Waals surface area (Å²) in [5.74, 6) is -11.6. The Morgan fingerprint density at radius 2 is 1.32 bits per heavy atom. The normalized spacial score (nSPS) is 22.7. The number of nitrogens with zero attached hydrogens (tertiary/aromatic N) is 4. The highest BCUT2D eigenvalue weighted by atomic mass is 16.6. The molecule has 10 rings (SSSR count). The number of carboxylic acid groups (broad SMARTS) is 1. The molecule has 12 atom stereocenters. The summed E-state index contributed by atoms with van der Waals surface area (Å²) in [6, 6.07) is 26.9. The molecule has 4 amide bonds. The number of hydrogen-bond acceptors (Lipinski definition) is 29. The van der Waals surface area contributed by atoms with Crippen LogP contribution in [0, 0.1) is 16.7 Å². The number of esters is 5. The number of anilines is 2. The Labute approximate surface area is 654 Å². The van der Waals surface area contributed by atoms with Crippen LogP contribution in [0.25, 0.3) is 11.2 Å². The molecule has 2 saturated carbocycles. The van der Waals surface area contributed by atoms with Crippen molar-refractivity contribution in [3.05, 3.63) is 171 Å². The van der Waals surface area contributed by atoms with Gasteiger partial charge in [-0.05, 0) is 92.6 Å². The third kappa shape index (κ3) is 19.8. The maximum absolute atomic E-state index is 15.9. The van der Waals surface area contributed by atoms with Crippen LogP contribution in [0.1, 0.15) is 116 Å². The average Bonchev–Trinajstić information content (AvgIpc) is 0.668. The Morgan fingerprint density at radius 1 is 0.728 bits per heavy atom. The number of carbonyl (C=O) groups excluding carboxylic acids is 10. The lowest BCUT2D eigenvalue weighted by Gasteiger charge is -2.67. The van der Waals surface area contributed by atoms with Gasteiger partial charge in [-0.15, -0.1) is 0 Å². The predicted molar refractivity (Wildman–Crippen MR) is 402 cm³/mol. The molecule has 6 aromatic rings. The number of aliphatic carboxylic acids is 1. The van der Waals surface area contributed by atoms with E-state index < -0.39 is 167 Å². The zero-order chi connectivity index (χ0) is 82.2. The molecule has 2 bridgehead atoms. The number of amides is 4. The molecule has 3 aliphatic carbocycles. The van der Waals surface area contributed by atoms with Crippen LogP contribution in [-0.4, -0.2) is 239 Å². The Bertz CT molecular complexity index is 4610. The molecule has 4 aliphatic rings. The number of carbonyl (C=O) groups is 11. The van der Waals surface area contributed by atoms with Crippen molar-refractivity contribution in [3.8, 4) is 0 Å². The van der Waals surface area contributed by atoms with Gasteiger partial charge in [0.2, 0.25) is 23.9 Å². The topological polar surface area (TPSA) is 492 Å². The van der Waals surface area contributed by atoms with Crippen molar-refractivity contribution in [2.75, 3.05) is 90.5 Å². The SMILES string of the molecule is CC(=O)O[C@H]1C(=O)[C@@]2(C)[C@H]([C@H](OC(=O)c3ccccc3)[C@]3(O)C[C@H](OC(=O)[C@H](OC(=O)CN(C)CC(=O)NCCOCCOCCOCCNC(=O)CCC(NC(=O)c4ccc(NCc5cnc6nc(N)[nH]c(=O)c6n5)cc4)C(=O)O)[C@@H](NC(=O)c4ccccc4)c4ccccc4)C(C)=C1C3(C)C)[C@]1(OC(C)=O)CO[C@@H]1C[C@@H]2O. The van der Waals surface area contributed by atoms with E-state index in [9.17, 15) is 63.3 Å². The van der Waals surface area contributed by atoms with Crippen LogP contribution >= 0.6 is 0 Å². The van der Waals surface area contributed by atoms with Gasteiger partial charge < -0.3 is 90.3 Å². The number of aromatic amines is 1. The highest BCUT2D eigenvalue weighted by Crippen LogP contribution is 2.64. The molecule has 1 saturated heterocycles. The van der Waals surface area contributed by atoms with E-state index in [-0.39, 0.29) is 136 Å². The van der Waals surface area contributed by atoms with Gasteiger partial charge in [0.15, 0.2) is 28.7 Å². The van der Waals surface area contributed by atoms with Crippen molar-refractivity contribution in [1.82, 2.24) is 46.1 Å². The van der Waals surface area contributed by atoms with E-state index in [0.717, 1.165) is 13.8 Å². The number of benzene rings is 4. The molecular weight excluding hydrogens is 1490 g/mol. The van der Waals surface area contributed by atoms with Gasteiger partial charge in [0.1, 0.15) is 36.0 Å². The van der Waals surface area contributed by atoms with Crippen LogP contribution in [0.2, 0.25) is 0 Å². The summed E-state index contributed by atoms with van der Waals surface area (Å²) in [7, 11) is 1.43. The molecule has 1 aliphatic heterocycles. The van der Waals surface area contributed by atoms with Crippen molar-refractivity contribution >= 4 is 88.0 Å². The number of ketones is 1. The van der Waals surface area contributed by atoms with Gasteiger partial charge >= 0.3 is 35.8 Å². The van der Waals surface area contributed by atoms with Crippen molar-refractivity contribution in [2.45, 2.75) is 134 Å². The highest BCUT2D eigenvalue weighted by molar-refractivity contribution is 5.98. The molecule has 11 N–H and O–H groups in total. The number of aromatic nitrogens is 4. The summed E-state index contributed by atoms with van der Waals surface area (Å²) in [6.45, 7) is 7.79. The minimum absolute atomic E-state index is 0.00103. The predicted octanol–water partition coefficient (Wildman–Crippen LogP) is 2.38. The second-order valence-electron chi connectivity index (χ2n) is 28.8. The van der Waals surface area contributed by atoms with Crippen molar-refractivity contribution in [2.24, 2.45) is 16.7 Å². The van der Waals surface area contributed by atoms with E-state index in [1.54, 1.807) is 78.9 Å². The minimum Gasteiger partial charge on any atom is -0.480 e. The maximum Gasteiger partial charge on any atom is 0.350 e. The first-order valence-electron chi connectivity index (χ1n) is 36.9. The van der Waals surface area contributed by atoms with Gasteiger partial charge in [-0.2, -0.15) is 4.98 Å². The van der Waals surface area contributed by atoms with Gasteiger partial charge in [-0.25, -0.2) is 24.4 Å². The van der Waals surface area contributed by atoms with Gasteiger partial charge in [0, 0.05) is 68.4 Å². The standard InChI is InChI=1S/C79H93N11O24/c1-44-54(38-79(105)67(113-73(103)50-21-15-10-16-22-50)65-77(6,55(93)37-56-78(65,43-109-56)114-46(3)92)66(97)63(110-45(2)91)60(44)76(79,4)5)111-74(104)64(61(47-17-11-8-12-18-47)87-70(99)48-19-13-9-14-20-48)112-59(96)42-90(7)41-58(95)82-30-32-107-34-36-108-35-33-106-31-29-81-57(94)28-27-53(72(101)102)86-69(98)49-23-25-51(26-24-49)83-39-52-40-84-68-62(85-52)71(100)89-75(80)88-68/h8-26,40,53-56,61,63-65,67,83,93,105H,27-39,41-43H2,1-7H3,(H,81,94)(H,82,95)(H,86,98)(H,87,99)(H,101,102)(H3,80,84,88,89,100)/t53?,54-,55-,56+,61-,63+,64+,65-,67-,77+,78-,79+/m0/s1. The fourth-order valence-corrected chi connectivity index (χ4v) is 15.0. The Kier molecular flexibility index (Phi) is 27.9. The lowest BCUT2D eigenvalue weighted by molar-refractivity contribution is -0.346. The first kappa shape index (κ1) is 85.0. The number of hydrogen-bond donors (Lipinski definition) is 10. The highest BCUT2D eigenvalue weighted by Gasteiger charge is 2.78. The third-order valence-corrected chi connectivity index (χ3v) is 20.8. The lowest BCUT2D eigenvalue weighted by Crippen LogP contribution is -2.82. The molecule has 2 aromatic heterocycles. The minimum atomic E-state index is -2.55. The molecule has 114 heavy (non-hydrogen) atoms. The van der Waals surface area contributed by atoms with E-state index >= 15 is 9.59 Å². The number of aliphatic hydroxyl groups excluding tert-OH is 1. The summed E-state index contributed by atoms with van der Waals surface area (Å²) < 4.78 is 53.8. The Hall–Kier alpha value is -11.5. The average molecular weight is 1580 g/mol. The Morgan fingerprint density at radius 3 is 1.93 bits per heavy atom. The molecule has 35 heteroatoms. The van der Waals surface area contributed by atoms with E-state index in [1.165, 1.54) is 82.2 Å². The summed E-state index contributed by atoms with van der Waals surface area (Å²) in [5, 5.41) is 50.0. The van der Waals surface area contributed by atoms with Crippen molar-refractivity contribution in [1.29, 1.82) is 0 Å². The van der Waals surface area contributed by atoms with Crippen LogP contribution in [0.4, 0.5) is 11.6 Å². The number of aliphatic hydroxyl groups is 2. The second kappa shape index (κ2) is 37.4. The molecule has 0 spiro atoms. The van der Waals surface area contributed by atoms with Gasteiger partial charge in [0.25, 0.3) is 17.4 Å². The van der Waals surface area contributed by atoms with Gasteiger partial charge in [-0.3, -0.25) is 53.0 Å². The number of fused-ring (bicyclic) bond motifs is 6. The second-order valence-corrected chi connectivity index (χ2v) is 28.8. The number of rotatable bonds is 36. The zero-order valence-corrected chi connectivity index (χ0v) is 63.8. The van der Waals surface area contributed by atoms with E-state index in [4.69, 9.17) is 48.4 Å². The number of Topliss-reactive ketones (excluding diaryl/α,β-unsaturated/α-hetero) is 1. The number of H-pyrrole nitrogens is 1. The fourth-order valence-electron chi connectivity index (χ4n) is 15.0. The monoisotopic (exact) mass is 1580 g/mol. The van der Waals surface area contributed by atoms with Crippen molar-refractivity contribution in [3.63, 3.8) is 0 Å². The van der Waals surface area contributed by atoms with Crippen LogP contribution in [-0.2, 0) is 87.5 Å². The molecule has 3 fully saturated rings. The van der Waals surface area contributed by atoms with Crippen LogP contribution < -0.4 is 37.9 Å². The molecule has 608 valence electrons. The van der Waals surface area contributed by atoms with Crippen LogP contribution in [0.3, 0.4) is 0 Å². The van der Waals surface area contributed by atoms with E-state index in [0.29, 0.717) is 11.4 Å². The molecule has 1 unspecified atom stereocenters. The zero-order valence-electron chi connectivity index (χ0n) is 63.8. The molecule has 3 heterocycles. The summed E-state index contributed by atoms with van der Waals surface area (Å²) in [6.07, 6.45) is -10.4. The van der Waals surface area contributed by atoms with Gasteiger partial charge in [0.05, 0.1) is 101 Å². The van der Waals surface area contributed by atoms with E-state index in [2.05, 4.69) is 46.5 Å². The van der Waals surface area contributed by atoms with Crippen molar-refractivity contribution < 1.29 is 111 Å². The van der Waals surface area contributed by atoms with Crippen LogP contribution in [0.5, 0.6) is 0 Å². The first-order chi connectivity index (χ1) is 54.3. The number of ether oxygens (including phenoxy) is 9. The molecule has 0 radical (unpaired) electrons. The first-order valence-corrected chi connectivity index (χ1v) is 36.9. The number of nitrogen functional groups attached to an aromatic ring is 1. The number of likely N-dealkylation sites (N-methyl/N-ethyl adjacent to an activating group) is 1. The number of nitrogens with two attached hydrogens (primary N) is 1. The van der Waals surface area contributed by atoms with Crippen LogP contribution in [0.15, 0.2) is 137 Å².